The van der Waals surface area contributed by atoms with Crippen LogP contribution in [0.3, 0.4) is 0 Å². The molecule has 2 aliphatic heterocycles. The number of nitrogens with zero attached hydrogens (tertiary/aromatic N) is 1. The van der Waals surface area contributed by atoms with E-state index in [9.17, 15) is 38.4 Å². The summed E-state index contributed by atoms with van der Waals surface area (Å²) in [4.78, 5) is 103. The lowest BCUT2D eigenvalue weighted by Gasteiger charge is -2.29. The number of quaternary nitrogens is 1. The van der Waals surface area contributed by atoms with E-state index in [1.807, 2.05) is 13.8 Å². The molecular weight excluding hydrogens is 638 g/mol. The molecule has 0 aromatic rings. The highest BCUT2D eigenvalue weighted by atomic mass is 16.2. The van der Waals surface area contributed by atoms with Gasteiger partial charge in [0, 0.05) is 19.4 Å². The summed E-state index contributed by atoms with van der Waals surface area (Å²) in [7, 11) is 0. The lowest BCUT2D eigenvalue weighted by Crippen LogP contribution is -2.59. The van der Waals surface area contributed by atoms with E-state index in [4.69, 9.17) is 11.5 Å². The van der Waals surface area contributed by atoms with E-state index in [1.165, 1.54) is 0 Å². The number of amides is 7. The van der Waals surface area contributed by atoms with Crippen LogP contribution in [0.2, 0.25) is 0 Å². The average molecular weight is 695 g/mol. The molecule has 0 aliphatic carbocycles. The van der Waals surface area contributed by atoms with E-state index in [-0.39, 0.29) is 50.0 Å². The highest BCUT2D eigenvalue weighted by Gasteiger charge is 2.39. The van der Waals surface area contributed by atoms with Crippen molar-refractivity contribution in [1.82, 2.24) is 31.5 Å². The minimum atomic E-state index is -1.35. The van der Waals surface area contributed by atoms with Crippen LogP contribution in [-0.2, 0) is 38.4 Å². The number of likely N-dealkylation sites (tertiary alicyclic amines) is 1. The van der Waals surface area contributed by atoms with Gasteiger partial charge >= 0.3 is 0 Å². The van der Waals surface area contributed by atoms with Gasteiger partial charge < -0.3 is 53.5 Å². The molecule has 2 aliphatic rings. The predicted octanol–water partition coefficient (Wildman–Crippen LogP) is -3.14. The monoisotopic (exact) mass is 694 g/mol. The summed E-state index contributed by atoms with van der Waals surface area (Å²) < 4.78 is 0. The first-order valence-electron chi connectivity index (χ1n) is 17.3. The van der Waals surface area contributed by atoms with Gasteiger partial charge in [-0.3, -0.25) is 33.6 Å². The molecule has 2 fully saturated rings. The fraction of sp³-hybridized carbons (Fsp3) is 0.750. The van der Waals surface area contributed by atoms with Crippen molar-refractivity contribution in [2.24, 2.45) is 17.4 Å². The zero-order valence-corrected chi connectivity index (χ0v) is 28.8. The standard InChI is InChI=1S/C32H55N9O8/c1-19(2)17-20(18-42)37-28(45)22(10-12-26(34)43)38-30(47)23(11-13-27(35)44)39-29(46)21(7-3-4-14-33)40-31(48)25-9-6-16-41(25)32(49)24-8-5-15-36-24/h18-25,36H,3-17,33H2,1-2H3,(H2,34,43)(H2,35,44)(H,37,45)(H,38,47)(H,39,46)(H,40,48)/p+1/t20-,21-,22-,23-,24-,25-/m0/s1. The molecule has 2 heterocycles. The van der Waals surface area contributed by atoms with Crippen molar-refractivity contribution in [2.75, 3.05) is 19.6 Å². The third kappa shape index (κ3) is 14.1. The van der Waals surface area contributed by atoms with Gasteiger partial charge in [0.1, 0.15) is 30.5 Å². The minimum Gasteiger partial charge on any atom is -0.370 e. The highest BCUT2D eigenvalue weighted by molar-refractivity contribution is 5.96. The minimum absolute atomic E-state index is 0.0751. The van der Waals surface area contributed by atoms with E-state index in [0.717, 1.165) is 13.0 Å². The van der Waals surface area contributed by atoms with Crippen molar-refractivity contribution in [3.05, 3.63) is 0 Å². The maximum Gasteiger partial charge on any atom is 0.243 e. The first-order valence-corrected chi connectivity index (χ1v) is 17.3. The average Bonchev–Trinajstić information content (AvgIpc) is 3.76. The van der Waals surface area contributed by atoms with Crippen LogP contribution in [0.15, 0.2) is 0 Å². The molecule has 12 N–H and O–H groups in total. The molecule has 0 radical (unpaired) electrons. The van der Waals surface area contributed by atoms with Crippen molar-refractivity contribution >= 4 is 47.6 Å². The lowest BCUT2D eigenvalue weighted by atomic mass is 10.0. The Labute approximate surface area is 287 Å². The topological polar surface area (TPSA) is 280 Å². The fourth-order valence-electron chi connectivity index (χ4n) is 6.06. The summed E-state index contributed by atoms with van der Waals surface area (Å²) in [6.45, 7) is 5.49. The molecule has 0 bridgehead atoms. The van der Waals surface area contributed by atoms with E-state index >= 15 is 0 Å². The van der Waals surface area contributed by atoms with Crippen molar-refractivity contribution in [3.8, 4) is 0 Å². The Morgan fingerprint density at radius 2 is 1.39 bits per heavy atom. The molecule has 17 heteroatoms. The Morgan fingerprint density at radius 1 is 0.816 bits per heavy atom. The largest absolute Gasteiger partial charge is 0.370 e. The van der Waals surface area contributed by atoms with Crippen LogP contribution in [0.4, 0.5) is 0 Å². The van der Waals surface area contributed by atoms with Crippen LogP contribution < -0.4 is 43.8 Å². The molecule has 17 nitrogen and oxygen atoms in total. The maximum absolute atomic E-state index is 13.7. The molecule has 2 saturated heterocycles. The van der Waals surface area contributed by atoms with E-state index < -0.39 is 65.7 Å². The normalized spacial score (nSPS) is 19.7. The number of primary amides is 2. The molecule has 0 spiro atoms. The van der Waals surface area contributed by atoms with Crippen LogP contribution in [-0.4, -0.2) is 108 Å². The summed E-state index contributed by atoms with van der Waals surface area (Å²) in [6, 6.07) is -5.66. The number of hydrogen-bond acceptors (Lipinski definition) is 9. The highest BCUT2D eigenvalue weighted by Crippen LogP contribution is 2.21. The number of nitrogens with two attached hydrogens (primary N) is 2. The summed E-state index contributed by atoms with van der Waals surface area (Å²) >= 11 is 0. The Balaban J connectivity index is 2.23. The second-order valence-electron chi connectivity index (χ2n) is 13.3. The Kier molecular flexibility index (Phi) is 17.7. The van der Waals surface area contributed by atoms with Crippen molar-refractivity contribution in [1.29, 1.82) is 0 Å². The molecule has 6 atom stereocenters. The zero-order valence-electron chi connectivity index (χ0n) is 28.8. The van der Waals surface area contributed by atoms with Crippen molar-refractivity contribution in [3.63, 3.8) is 0 Å². The van der Waals surface area contributed by atoms with Gasteiger partial charge in [0.25, 0.3) is 0 Å². The molecule has 0 aromatic carbocycles. The summed E-state index contributed by atoms with van der Waals surface area (Å²) in [5.41, 5.74) is 14.4. The van der Waals surface area contributed by atoms with Gasteiger partial charge in [-0.2, -0.15) is 0 Å². The first kappa shape index (κ1) is 41.1. The van der Waals surface area contributed by atoms with Crippen LogP contribution in [0, 0.1) is 5.92 Å². The van der Waals surface area contributed by atoms with Crippen LogP contribution in [0.1, 0.15) is 90.9 Å². The molecule has 0 unspecified atom stereocenters. The first-order chi connectivity index (χ1) is 23.3. The van der Waals surface area contributed by atoms with E-state index in [1.54, 1.807) is 4.90 Å². The fourth-order valence-corrected chi connectivity index (χ4v) is 6.06. The zero-order chi connectivity index (χ0) is 36.5. The van der Waals surface area contributed by atoms with Gasteiger partial charge in [0.15, 0.2) is 0 Å². The van der Waals surface area contributed by atoms with Gasteiger partial charge in [-0.05, 0) is 76.7 Å². The van der Waals surface area contributed by atoms with Gasteiger partial charge in [0.05, 0.1) is 18.6 Å². The Morgan fingerprint density at radius 3 is 1.88 bits per heavy atom. The second kappa shape index (κ2) is 21.1. The Hall–Kier alpha value is -4.12. The Bertz CT molecular complexity index is 1180. The van der Waals surface area contributed by atoms with E-state index in [2.05, 4.69) is 32.3 Å². The summed E-state index contributed by atoms with van der Waals surface area (Å²) in [6.07, 6.45) is 4.02. The summed E-state index contributed by atoms with van der Waals surface area (Å²) in [5, 5.41) is 13.6. The van der Waals surface area contributed by atoms with Gasteiger partial charge in [0.2, 0.25) is 41.4 Å². The van der Waals surface area contributed by atoms with Gasteiger partial charge in [-0.15, -0.1) is 0 Å². The van der Waals surface area contributed by atoms with Crippen LogP contribution >= 0.6 is 0 Å². The number of carbonyl (C=O) groups is 8. The molecular formula is C32H56N9O8+. The SMILES string of the molecule is CC(C)C[C@@H](C=O)NC(=O)[C@H](CCC(N)=O)NC(=O)[C@H](CCC(N)=O)NC(=O)[C@H](CCCC[NH3+])NC(=O)[C@@H]1CCCN1C(=O)[C@@H]1CCCN1. The van der Waals surface area contributed by atoms with Gasteiger partial charge in [-0.25, -0.2) is 0 Å². The number of carbonyl (C=O) groups excluding carboxylic acids is 8. The molecule has 0 saturated carbocycles. The molecule has 49 heavy (non-hydrogen) atoms. The quantitative estimate of drug-likeness (QED) is 0.0419. The van der Waals surface area contributed by atoms with Gasteiger partial charge in [-0.1, -0.05) is 13.8 Å². The van der Waals surface area contributed by atoms with Crippen LogP contribution in [0.5, 0.6) is 0 Å². The van der Waals surface area contributed by atoms with Crippen molar-refractivity contribution < 1.29 is 44.1 Å². The van der Waals surface area contributed by atoms with Crippen molar-refractivity contribution in [2.45, 2.75) is 127 Å². The predicted molar refractivity (Wildman–Crippen MR) is 177 cm³/mol. The number of unbranched alkanes of at least 4 members (excludes halogenated alkanes) is 1. The third-order valence-electron chi connectivity index (χ3n) is 8.66. The maximum atomic E-state index is 13.7. The third-order valence-corrected chi connectivity index (χ3v) is 8.66. The lowest BCUT2D eigenvalue weighted by molar-refractivity contribution is -0.368. The molecule has 7 amide bonds. The molecule has 0 aromatic heterocycles. The molecule has 276 valence electrons. The molecule has 2 rings (SSSR count). The summed E-state index contributed by atoms with van der Waals surface area (Å²) in [5.74, 6) is -4.28. The number of rotatable bonds is 22. The smallest absolute Gasteiger partial charge is 0.243 e. The second-order valence-corrected chi connectivity index (χ2v) is 13.3. The number of aldehydes is 1. The van der Waals surface area contributed by atoms with Crippen LogP contribution in [0.25, 0.3) is 0 Å². The number of nitrogens with one attached hydrogen (secondary N) is 5. The van der Waals surface area contributed by atoms with E-state index in [0.29, 0.717) is 57.9 Å². The number of hydrogen-bond donors (Lipinski definition) is 8.